The van der Waals surface area contributed by atoms with Crippen molar-refractivity contribution in [1.82, 2.24) is 0 Å². The van der Waals surface area contributed by atoms with Crippen molar-refractivity contribution in [3.8, 4) is 0 Å². The third kappa shape index (κ3) is 7.59. The number of aliphatic imine (C=N–C) groups is 2. The van der Waals surface area contributed by atoms with Crippen LogP contribution in [0.25, 0.3) is 10.8 Å². The number of aryl methyl sites for hydroxylation is 3. The molecule has 0 amide bonds. The number of rotatable bonds is 10. The predicted molar refractivity (Wildman–Crippen MR) is 240 cm³/mol. The summed E-state index contributed by atoms with van der Waals surface area (Å²) in [6, 6.07) is 48.5. The Morgan fingerprint density at radius 3 is 1.13 bits per heavy atom. The van der Waals surface area contributed by atoms with Gasteiger partial charge in [0.15, 0.2) is 0 Å². The van der Waals surface area contributed by atoms with Crippen LogP contribution in [0.3, 0.4) is 0 Å². The molecule has 0 bridgehead atoms. The number of benzene rings is 8. The molecule has 0 radical (unpaired) electrons. The van der Waals surface area contributed by atoms with E-state index in [0.717, 1.165) is 96.2 Å². The fraction of sp³-hybridized carbons (Fsp3) is 0.127. The number of halogens is 4. The Morgan fingerprint density at radius 1 is 0.426 bits per heavy atom. The van der Waals surface area contributed by atoms with Crippen LogP contribution in [0.5, 0.6) is 0 Å². The van der Waals surface area contributed by atoms with E-state index in [1.165, 1.54) is 48.5 Å². The van der Waals surface area contributed by atoms with Crippen molar-refractivity contribution in [2.45, 2.75) is 45.4 Å². The molecule has 6 heteroatoms. The summed E-state index contributed by atoms with van der Waals surface area (Å²) in [5.74, 6) is -2.58. The van der Waals surface area contributed by atoms with Crippen molar-refractivity contribution in [2.24, 2.45) is 9.98 Å². The molecule has 300 valence electrons. The average molecular weight is 807 g/mol. The molecule has 0 saturated carbocycles. The molecule has 8 aromatic carbocycles. The zero-order valence-electron chi connectivity index (χ0n) is 34.1. The molecule has 8 aromatic rings. The number of hydrogen-bond donors (Lipinski definition) is 0. The van der Waals surface area contributed by atoms with Crippen molar-refractivity contribution < 1.29 is 17.6 Å². The molecule has 0 aromatic heterocycles. The molecule has 1 aliphatic carbocycles. The summed E-state index contributed by atoms with van der Waals surface area (Å²) in [5, 5.41) is 2.11. The lowest BCUT2D eigenvalue weighted by Crippen LogP contribution is -2.14. The zero-order valence-corrected chi connectivity index (χ0v) is 34.1. The predicted octanol–water partition coefficient (Wildman–Crippen LogP) is 14.4. The van der Waals surface area contributed by atoms with E-state index >= 15 is 0 Å². The first-order valence-corrected chi connectivity index (χ1v) is 20.7. The van der Waals surface area contributed by atoms with Crippen LogP contribution in [0, 0.1) is 30.2 Å². The highest BCUT2D eigenvalue weighted by molar-refractivity contribution is 6.61. The summed E-state index contributed by atoms with van der Waals surface area (Å²) in [5.41, 5.74) is 12.7. The second-order valence-electron chi connectivity index (χ2n) is 15.6. The molecule has 0 aliphatic heterocycles. The van der Waals surface area contributed by atoms with Gasteiger partial charge in [-0.2, -0.15) is 0 Å². The van der Waals surface area contributed by atoms with Gasteiger partial charge in [0.2, 0.25) is 0 Å². The molecular weight excluding hydrogens is 765 g/mol. The summed E-state index contributed by atoms with van der Waals surface area (Å²) in [7, 11) is 0. The van der Waals surface area contributed by atoms with Gasteiger partial charge in [0, 0.05) is 28.3 Å². The molecule has 0 heterocycles. The Hall–Kier alpha value is -6.92. The molecule has 1 aliphatic rings. The molecule has 0 saturated heterocycles. The van der Waals surface area contributed by atoms with E-state index in [1.807, 2.05) is 19.1 Å². The summed E-state index contributed by atoms with van der Waals surface area (Å²) >= 11 is 0. The van der Waals surface area contributed by atoms with Crippen molar-refractivity contribution >= 4 is 33.6 Å². The molecular formula is C55H42F4N2. The fourth-order valence-electron chi connectivity index (χ4n) is 8.93. The van der Waals surface area contributed by atoms with Crippen LogP contribution in [0.1, 0.15) is 86.9 Å². The van der Waals surface area contributed by atoms with Crippen LogP contribution in [0.15, 0.2) is 174 Å². The lowest BCUT2D eigenvalue weighted by Gasteiger charge is -2.27. The van der Waals surface area contributed by atoms with Crippen molar-refractivity contribution in [2.75, 3.05) is 0 Å². The standard InChI is InChI=1S/C55H42F4N2/c1-4-34-9-6-10-35(5-2)52(34)60-54-45-13-7-11-36-12-8-14-46(51(36)45)55(54)61-53-47(49(37-15-23-41(56)24-16-37)38-17-25-42(57)26-18-38)31-33(3)32-48(53)50(39-19-27-43(58)28-20-39)40-21-29-44(59)30-22-40/h6-32,49-50H,4-5H2,1-3H3. The van der Waals surface area contributed by atoms with Gasteiger partial charge in [0.25, 0.3) is 0 Å². The first-order valence-electron chi connectivity index (χ1n) is 20.7. The van der Waals surface area contributed by atoms with Crippen molar-refractivity contribution in [3.63, 3.8) is 0 Å². The van der Waals surface area contributed by atoms with Gasteiger partial charge in [-0.05, 0) is 118 Å². The molecule has 0 fully saturated rings. The number of para-hydroxylation sites is 1. The Kier molecular flexibility index (Phi) is 10.8. The Morgan fingerprint density at radius 2 is 0.770 bits per heavy atom. The van der Waals surface area contributed by atoms with Crippen LogP contribution in [-0.4, -0.2) is 11.4 Å². The maximum atomic E-state index is 14.7. The third-order valence-corrected chi connectivity index (χ3v) is 11.8. The monoisotopic (exact) mass is 806 g/mol. The van der Waals surface area contributed by atoms with Gasteiger partial charge in [-0.1, -0.05) is 135 Å². The van der Waals surface area contributed by atoms with Gasteiger partial charge in [-0.15, -0.1) is 0 Å². The Balaban J connectivity index is 1.43. The van der Waals surface area contributed by atoms with Crippen LogP contribution in [-0.2, 0) is 12.8 Å². The van der Waals surface area contributed by atoms with Crippen LogP contribution >= 0.6 is 0 Å². The third-order valence-electron chi connectivity index (χ3n) is 11.8. The summed E-state index contributed by atoms with van der Waals surface area (Å²) < 4.78 is 58.6. The Labute approximate surface area is 353 Å². The number of nitrogens with zero attached hydrogens (tertiary/aromatic N) is 2. The SMILES string of the molecule is CCc1cccc(CC)c1N=C1C(=Nc2c(C(c3ccc(F)cc3)c3ccc(F)cc3)cc(C)cc2C(c2ccc(F)cc2)c2ccc(F)cc2)c2cccc3cccc1c23. The topological polar surface area (TPSA) is 24.7 Å². The van der Waals surface area contributed by atoms with Gasteiger partial charge in [-0.25, -0.2) is 27.5 Å². The van der Waals surface area contributed by atoms with E-state index in [4.69, 9.17) is 9.98 Å². The van der Waals surface area contributed by atoms with E-state index in [9.17, 15) is 17.6 Å². The molecule has 61 heavy (non-hydrogen) atoms. The van der Waals surface area contributed by atoms with Crippen LogP contribution < -0.4 is 0 Å². The highest BCUT2D eigenvalue weighted by atomic mass is 19.1. The summed E-state index contributed by atoms with van der Waals surface area (Å²) in [6.45, 7) is 6.28. The van der Waals surface area contributed by atoms with Gasteiger partial charge < -0.3 is 0 Å². The molecule has 9 rings (SSSR count). The second-order valence-corrected chi connectivity index (χ2v) is 15.6. The minimum atomic E-state index is -0.534. The maximum Gasteiger partial charge on any atom is 0.123 e. The van der Waals surface area contributed by atoms with Crippen molar-refractivity contribution in [3.05, 3.63) is 248 Å². The van der Waals surface area contributed by atoms with E-state index in [1.54, 1.807) is 48.5 Å². The summed E-state index contributed by atoms with van der Waals surface area (Å²) in [4.78, 5) is 11.4. The highest BCUT2D eigenvalue weighted by Gasteiger charge is 2.32. The number of hydrogen-bond acceptors (Lipinski definition) is 2. The fourth-order valence-corrected chi connectivity index (χ4v) is 8.93. The lowest BCUT2D eigenvalue weighted by atomic mass is 9.78. The van der Waals surface area contributed by atoms with E-state index in [0.29, 0.717) is 11.4 Å². The van der Waals surface area contributed by atoms with Crippen LogP contribution in [0.4, 0.5) is 28.9 Å². The largest absolute Gasteiger partial charge is 0.246 e. The molecule has 0 N–H and O–H groups in total. The summed E-state index contributed by atoms with van der Waals surface area (Å²) in [6.07, 6.45) is 1.59. The average Bonchev–Trinajstić information content (AvgIpc) is 3.57. The molecule has 0 spiro atoms. The minimum absolute atomic E-state index is 0.379. The molecule has 2 nitrogen and oxygen atoms in total. The second kappa shape index (κ2) is 16.6. The van der Waals surface area contributed by atoms with Crippen molar-refractivity contribution in [1.29, 1.82) is 0 Å². The van der Waals surface area contributed by atoms with Crippen LogP contribution in [0.2, 0.25) is 0 Å². The quantitative estimate of drug-likeness (QED) is 0.0971. The zero-order chi connectivity index (χ0) is 42.2. The Bertz CT molecular complexity index is 2730. The van der Waals surface area contributed by atoms with Gasteiger partial charge in [0.1, 0.15) is 23.3 Å². The van der Waals surface area contributed by atoms with Gasteiger partial charge in [0.05, 0.1) is 22.8 Å². The molecule has 0 atom stereocenters. The lowest BCUT2D eigenvalue weighted by molar-refractivity contribution is 0.625. The van der Waals surface area contributed by atoms with E-state index < -0.39 is 11.8 Å². The van der Waals surface area contributed by atoms with Gasteiger partial charge >= 0.3 is 0 Å². The first-order chi connectivity index (χ1) is 29.7. The normalized spacial score (nSPS) is 13.7. The van der Waals surface area contributed by atoms with Gasteiger partial charge in [-0.3, -0.25) is 0 Å². The molecule has 0 unspecified atom stereocenters. The first kappa shape index (κ1) is 39.5. The highest BCUT2D eigenvalue weighted by Crippen LogP contribution is 2.47. The smallest absolute Gasteiger partial charge is 0.123 e. The van der Waals surface area contributed by atoms with E-state index in [2.05, 4.69) is 68.4 Å². The maximum absolute atomic E-state index is 14.7. The minimum Gasteiger partial charge on any atom is -0.246 e. The van der Waals surface area contributed by atoms with E-state index in [-0.39, 0.29) is 23.3 Å².